The molecule has 2 atom stereocenters. The maximum absolute atomic E-state index is 9.13. The molecule has 2 rings (SSSR count). The van der Waals surface area contributed by atoms with E-state index in [-0.39, 0.29) is 0 Å². The van der Waals surface area contributed by atoms with Gasteiger partial charge >= 0.3 is 0 Å². The minimum atomic E-state index is 0.344. The van der Waals surface area contributed by atoms with Crippen LogP contribution >= 0.6 is 0 Å². The van der Waals surface area contributed by atoms with Crippen molar-refractivity contribution in [2.75, 3.05) is 26.2 Å². The average molecular weight is 170 g/mol. The van der Waals surface area contributed by atoms with Crippen LogP contribution in [0.3, 0.4) is 0 Å². The minimum Gasteiger partial charge on any atom is -0.395 e. The van der Waals surface area contributed by atoms with Gasteiger partial charge in [0.15, 0.2) is 0 Å². The van der Waals surface area contributed by atoms with Crippen LogP contribution in [0, 0.1) is 0 Å². The lowest BCUT2D eigenvalue weighted by Crippen LogP contribution is -2.41. The van der Waals surface area contributed by atoms with Gasteiger partial charge in [-0.05, 0) is 32.4 Å². The zero-order valence-corrected chi connectivity index (χ0v) is 7.50. The number of aliphatic hydroxyl groups excluding tert-OH is 1. The van der Waals surface area contributed by atoms with E-state index in [2.05, 4.69) is 10.2 Å². The maximum atomic E-state index is 9.13. The molecule has 0 aromatic carbocycles. The highest BCUT2D eigenvalue weighted by molar-refractivity contribution is 4.88. The molecule has 70 valence electrons. The lowest BCUT2D eigenvalue weighted by atomic mass is 10.2. The molecule has 2 heterocycles. The number of rotatable bonds is 2. The van der Waals surface area contributed by atoms with Crippen molar-refractivity contribution in [1.82, 2.24) is 10.2 Å². The van der Waals surface area contributed by atoms with E-state index in [1.165, 1.54) is 25.8 Å². The van der Waals surface area contributed by atoms with Crippen LogP contribution in [-0.4, -0.2) is 48.3 Å². The fourth-order valence-corrected chi connectivity index (χ4v) is 2.46. The van der Waals surface area contributed by atoms with Gasteiger partial charge < -0.3 is 10.4 Å². The smallest absolute Gasteiger partial charge is 0.0587 e. The summed E-state index contributed by atoms with van der Waals surface area (Å²) in [5.74, 6) is 0. The Morgan fingerprint density at radius 2 is 2.33 bits per heavy atom. The van der Waals surface area contributed by atoms with Crippen molar-refractivity contribution in [3.05, 3.63) is 0 Å². The second kappa shape index (κ2) is 3.73. The largest absolute Gasteiger partial charge is 0.395 e. The van der Waals surface area contributed by atoms with Gasteiger partial charge in [0.25, 0.3) is 0 Å². The molecule has 2 saturated heterocycles. The van der Waals surface area contributed by atoms with Gasteiger partial charge in [-0.25, -0.2) is 0 Å². The second-order valence-electron chi connectivity index (χ2n) is 3.86. The Bertz CT molecular complexity index is 145. The topological polar surface area (TPSA) is 35.5 Å². The van der Waals surface area contributed by atoms with Crippen LogP contribution in [0.15, 0.2) is 0 Å². The molecule has 2 aliphatic rings. The van der Waals surface area contributed by atoms with Gasteiger partial charge in [-0.2, -0.15) is 0 Å². The quantitative estimate of drug-likeness (QED) is 0.603. The summed E-state index contributed by atoms with van der Waals surface area (Å²) < 4.78 is 0. The van der Waals surface area contributed by atoms with Gasteiger partial charge in [-0.15, -0.1) is 0 Å². The molecule has 0 saturated carbocycles. The molecule has 3 heteroatoms. The van der Waals surface area contributed by atoms with Gasteiger partial charge in [0.1, 0.15) is 0 Å². The van der Waals surface area contributed by atoms with Gasteiger partial charge in [0.05, 0.1) is 6.61 Å². The molecule has 0 aromatic heterocycles. The fourth-order valence-electron chi connectivity index (χ4n) is 2.46. The molecule has 2 fully saturated rings. The van der Waals surface area contributed by atoms with Gasteiger partial charge in [-0.3, -0.25) is 4.90 Å². The molecule has 0 aromatic rings. The summed E-state index contributed by atoms with van der Waals surface area (Å²) in [4.78, 5) is 2.49. The number of aliphatic hydroxyl groups is 1. The Morgan fingerprint density at radius 3 is 3.00 bits per heavy atom. The maximum Gasteiger partial charge on any atom is 0.0587 e. The summed E-state index contributed by atoms with van der Waals surface area (Å²) in [6, 6.07) is 1.15. The number of nitrogens with zero attached hydrogens (tertiary/aromatic N) is 1. The van der Waals surface area contributed by atoms with Crippen LogP contribution in [0.2, 0.25) is 0 Å². The van der Waals surface area contributed by atoms with Gasteiger partial charge in [0.2, 0.25) is 0 Å². The lowest BCUT2D eigenvalue weighted by Gasteiger charge is -2.28. The zero-order chi connectivity index (χ0) is 8.39. The molecule has 3 nitrogen and oxygen atoms in total. The zero-order valence-electron chi connectivity index (χ0n) is 7.50. The average Bonchev–Trinajstić information content (AvgIpc) is 2.74. The Labute approximate surface area is 73.8 Å². The minimum absolute atomic E-state index is 0.344. The van der Waals surface area contributed by atoms with Crippen LogP contribution in [0.1, 0.15) is 19.3 Å². The molecular formula is C9H18N2O. The van der Waals surface area contributed by atoms with E-state index in [1.807, 2.05) is 0 Å². The van der Waals surface area contributed by atoms with Crippen LogP contribution in [0.25, 0.3) is 0 Å². The molecular weight excluding hydrogens is 152 g/mol. The van der Waals surface area contributed by atoms with Gasteiger partial charge in [-0.1, -0.05) is 0 Å². The Kier molecular flexibility index (Phi) is 2.63. The normalized spacial score (nSPS) is 37.8. The summed E-state index contributed by atoms with van der Waals surface area (Å²) in [6.45, 7) is 3.81. The van der Waals surface area contributed by atoms with E-state index < -0.39 is 0 Å². The van der Waals surface area contributed by atoms with Crippen molar-refractivity contribution < 1.29 is 5.11 Å². The highest BCUT2D eigenvalue weighted by Gasteiger charge is 2.31. The first-order valence-electron chi connectivity index (χ1n) is 4.99. The molecule has 0 radical (unpaired) electrons. The summed E-state index contributed by atoms with van der Waals surface area (Å²) in [5, 5.41) is 12.5. The number of hydrogen-bond acceptors (Lipinski definition) is 3. The summed E-state index contributed by atoms with van der Waals surface area (Å²) in [6.07, 6.45) is 3.71. The van der Waals surface area contributed by atoms with Crippen molar-refractivity contribution in [2.24, 2.45) is 0 Å². The molecule has 0 spiro atoms. The van der Waals surface area contributed by atoms with E-state index in [4.69, 9.17) is 5.11 Å². The molecule has 0 bridgehead atoms. The Balaban J connectivity index is 1.92. The third kappa shape index (κ3) is 1.49. The van der Waals surface area contributed by atoms with E-state index in [9.17, 15) is 0 Å². The van der Waals surface area contributed by atoms with Crippen molar-refractivity contribution in [2.45, 2.75) is 31.3 Å². The van der Waals surface area contributed by atoms with Crippen LogP contribution in [0.5, 0.6) is 0 Å². The van der Waals surface area contributed by atoms with Crippen LogP contribution in [-0.2, 0) is 0 Å². The van der Waals surface area contributed by atoms with E-state index in [1.54, 1.807) is 0 Å². The highest BCUT2D eigenvalue weighted by Crippen LogP contribution is 2.22. The lowest BCUT2D eigenvalue weighted by molar-refractivity contribution is 0.126. The highest BCUT2D eigenvalue weighted by atomic mass is 16.3. The van der Waals surface area contributed by atoms with Gasteiger partial charge in [0, 0.05) is 18.6 Å². The fraction of sp³-hybridized carbons (Fsp3) is 1.00. The second-order valence-corrected chi connectivity index (χ2v) is 3.86. The van der Waals surface area contributed by atoms with Crippen molar-refractivity contribution in [3.63, 3.8) is 0 Å². The van der Waals surface area contributed by atoms with Crippen molar-refractivity contribution in [3.8, 4) is 0 Å². The van der Waals surface area contributed by atoms with Crippen LogP contribution in [0.4, 0.5) is 0 Å². The summed E-state index contributed by atoms with van der Waals surface area (Å²) >= 11 is 0. The molecule has 0 aliphatic carbocycles. The monoisotopic (exact) mass is 170 g/mol. The third-order valence-electron chi connectivity index (χ3n) is 3.14. The number of hydrogen-bond donors (Lipinski definition) is 2. The first-order valence-corrected chi connectivity index (χ1v) is 4.99. The van der Waals surface area contributed by atoms with Crippen molar-refractivity contribution >= 4 is 0 Å². The molecule has 2 aliphatic heterocycles. The molecule has 12 heavy (non-hydrogen) atoms. The molecule has 2 N–H and O–H groups in total. The third-order valence-corrected chi connectivity index (χ3v) is 3.14. The standard InChI is InChI=1S/C9H18N2O/c12-7-9-2-1-5-11(9)8-3-4-10-6-8/h8-10,12H,1-7H2. The molecule has 2 unspecified atom stereocenters. The first-order chi connectivity index (χ1) is 5.92. The van der Waals surface area contributed by atoms with E-state index >= 15 is 0 Å². The predicted molar refractivity (Wildman–Crippen MR) is 48.1 cm³/mol. The SMILES string of the molecule is OCC1CCCN1C1CCNC1. The Morgan fingerprint density at radius 1 is 1.42 bits per heavy atom. The summed E-state index contributed by atoms with van der Waals surface area (Å²) in [7, 11) is 0. The Hall–Kier alpha value is -0.120. The first kappa shape index (κ1) is 8.48. The predicted octanol–water partition coefficient (Wildman–Crippen LogP) is -0.195. The van der Waals surface area contributed by atoms with E-state index in [0.29, 0.717) is 18.7 Å². The van der Waals surface area contributed by atoms with E-state index in [0.717, 1.165) is 13.1 Å². The summed E-state index contributed by atoms with van der Waals surface area (Å²) in [5.41, 5.74) is 0. The molecule has 0 amide bonds. The number of likely N-dealkylation sites (tertiary alicyclic amines) is 1. The number of nitrogens with one attached hydrogen (secondary N) is 1. The van der Waals surface area contributed by atoms with Crippen LogP contribution < -0.4 is 5.32 Å². The van der Waals surface area contributed by atoms with Crippen molar-refractivity contribution in [1.29, 1.82) is 0 Å².